The minimum Gasteiger partial charge on any atom is -0.494 e. The summed E-state index contributed by atoms with van der Waals surface area (Å²) in [4.78, 5) is 4.94. The molecule has 0 atom stereocenters. The molecule has 4 aromatic rings. The van der Waals surface area contributed by atoms with Crippen LogP contribution in [0.15, 0.2) is 60.7 Å². The molecular formula is C26H27ClN2O. The van der Waals surface area contributed by atoms with Gasteiger partial charge in [0.1, 0.15) is 11.6 Å². The normalized spacial score (nSPS) is 11.2. The average molecular weight is 419 g/mol. The van der Waals surface area contributed by atoms with Gasteiger partial charge in [-0.1, -0.05) is 48.0 Å². The fourth-order valence-corrected chi connectivity index (χ4v) is 3.99. The number of nitrogens with zero attached hydrogens (tertiary/aromatic N) is 2. The van der Waals surface area contributed by atoms with Crippen LogP contribution < -0.4 is 4.74 Å². The Morgan fingerprint density at radius 3 is 2.33 bits per heavy atom. The van der Waals surface area contributed by atoms with Crippen LogP contribution in [0.1, 0.15) is 29.5 Å². The van der Waals surface area contributed by atoms with E-state index in [1.807, 2.05) is 32.0 Å². The van der Waals surface area contributed by atoms with Gasteiger partial charge in [-0.05, 0) is 74.6 Å². The summed E-state index contributed by atoms with van der Waals surface area (Å²) in [5, 5.41) is 0.818. The highest BCUT2D eigenvalue weighted by molar-refractivity contribution is 6.32. The number of hydrogen-bond donors (Lipinski definition) is 0. The number of halogens is 1. The maximum atomic E-state index is 6.25. The van der Waals surface area contributed by atoms with Gasteiger partial charge in [0.05, 0.1) is 17.6 Å². The molecule has 0 bridgehead atoms. The monoisotopic (exact) mass is 418 g/mol. The second kappa shape index (κ2) is 8.93. The van der Waals surface area contributed by atoms with Crippen molar-refractivity contribution in [2.75, 3.05) is 6.61 Å². The third kappa shape index (κ3) is 4.22. The average Bonchev–Trinajstić information content (AvgIpc) is 3.10. The highest BCUT2D eigenvalue weighted by Gasteiger charge is 2.13. The van der Waals surface area contributed by atoms with E-state index in [9.17, 15) is 0 Å². The molecule has 0 saturated carbocycles. The van der Waals surface area contributed by atoms with Gasteiger partial charge in [0.2, 0.25) is 0 Å². The molecule has 4 rings (SSSR count). The van der Waals surface area contributed by atoms with Crippen LogP contribution in [0.4, 0.5) is 0 Å². The lowest BCUT2D eigenvalue weighted by Gasteiger charge is -2.12. The molecule has 0 aliphatic carbocycles. The molecule has 0 aliphatic heterocycles. The molecular weight excluding hydrogens is 392 g/mol. The first-order valence-corrected chi connectivity index (χ1v) is 10.8. The highest BCUT2D eigenvalue weighted by atomic mass is 35.5. The number of benzene rings is 3. The van der Waals surface area contributed by atoms with Crippen molar-refractivity contribution in [2.45, 2.75) is 40.2 Å². The smallest absolute Gasteiger partial charge is 0.141 e. The number of imidazole rings is 1. The molecule has 30 heavy (non-hydrogen) atoms. The Morgan fingerprint density at radius 2 is 1.57 bits per heavy atom. The maximum Gasteiger partial charge on any atom is 0.141 e. The molecule has 0 unspecified atom stereocenters. The summed E-state index contributed by atoms with van der Waals surface area (Å²) in [5.41, 5.74) is 6.77. The Labute approximate surface area is 183 Å². The Bertz CT molecular complexity index is 1160. The summed E-state index contributed by atoms with van der Waals surface area (Å²) in [6.45, 7) is 7.76. The van der Waals surface area contributed by atoms with Crippen LogP contribution in [0.25, 0.3) is 22.4 Å². The molecule has 0 radical (unpaired) electrons. The van der Waals surface area contributed by atoms with Gasteiger partial charge in [0.25, 0.3) is 0 Å². The number of unbranched alkanes of at least 4 members (excludes halogenated alkanes) is 1. The van der Waals surface area contributed by atoms with Gasteiger partial charge in [-0.15, -0.1) is 0 Å². The van der Waals surface area contributed by atoms with E-state index < -0.39 is 0 Å². The van der Waals surface area contributed by atoms with Crippen LogP contribution in [0.5, 0.6) is 5.75 Å². The van der Waals surface area contributed by atoms with Crippen molar-refractivity contribution in [1.82, 2.24) is 9.55 Å². The van der Waals surface area contributed by atoms with Gasteiger partial charge in [-0.25, -0.2) is 4.98 Å². The molecule has 1 aromatic heterocycles. The molecule has 1 heterocycles. The fraction of sp³-hybridized carbons (Fsp3) is 0.269. The summed E-state index contributed by atoms with van der Waals surface area (Å²) in [6.07, 6.45) is 1.99. The lowest BCUT2D eigenvalue weighted by atomic mass is 10.1. The summed E-state index contributed by atoms with van der Waals surface area (Å²) in [6, 6.07) is 20.8. The lowest BCUT2D eigenvalue weighted by molar-refractivity contribution is 0.303. The number of aryl methyl sites for hydroxylation is 4. The van der Waals surface area contributed by atoms with Gasteiger partial charge in [0.15, 0.2) is 0 Å². The minimum absolute atomic E-state index is 0.687. The lowest BCUT2D eigenvalue weighted by Crippen LogP contribution is -2.04. The van der Waals surface area contributed by atoms with Crippen molar-refractivity contribution in [3.63, 3.8) is 0 Å². The van der Waals surface area contributed by atoms with Gasteiger partial charge < -0.3 is 9.30 Å². The largest absolute Gasteiger partial charge is 0.494 e. The van der Waals surface area contributed by atoms with Gasteiger partial charge in [-0.3, -0.25) is 0 Å². The molecule has 0 N–H and O–H groups in total. The zero-order valence-corrected chi connectivity index (χ0v) is 18.5. The van der Waals surface area contributed by atoms with E-state index in [-0.39, 0.29) is 0 Å². The zero-order chi connectivity index (χ0) is 21.1. The fourth-order valence-electron chi connectivity index (χ4n) is 3.88. The maximum absolute atomic E-state index is 6.25. The van der Waals surface area contributed by atoms with Gasteiger partial charge in [0, 0.05) is 17.1 Å². The van der Waals surface area contributed by atoms with Crippen LogP contribution >= 0.6 is 11.6 Å². The van der Waals surface area contributed by atoms with Crippen molar-refractivity contribution in [3.05, 3.63) is 82.4 Å². The predicted octanol–water partition coefficient (Wildman–Crippen LogP) is 7.14. The SMILES string of the molecule is Cc1ccccc1-c1nc2ccccc2n1CCCCOc1cc(C)c(Cl)c(C)c1. The number of aromatic nitrogens is 2. The second-order valence-electron chi connectivity index (χ2n) is 7.82. The van der Waals surface area contributed by atoms with Crippen LogP contribution in [0.3, 0.4) is 0 Å². The van der Waals surface area contributed by atoms with Crippen LogP contribution in [0, 0.1) is 20.8 Å². The molecule has 4 heteroatoms. The number of ether oxygens (including phenoxy) is 1. The molecule has 0 amide bonds. The zero-order valence-electron chi connectivity index (χ0n) is 17.8. The Hall–Kier alpha value is -2.78. The predicted molar refractivity (Wildman–Crippen MR) is 126 cm³/mol. The van der Waals surface area contributed by atoms with Crippen LogP contribution in [-0.2, 0) is 6.54 Å². The quantitative estimate of drug-likeness (QED) is 0.298. The standard InChI is InChI=1S/C26H27ClN2O/c1-18-10-4-5-11-22(18)26-28-23-12-6-7-13-24(23)29(26)14-8-9-15-30-21-16-19(2)25(27)20(3)17-21/h4-7,10-13,16-17H,8-9,14-15H2,1-3H3. The Kier molecular flexibility index (Phi) is 6.10. The summed E-state index contributed by atoms with van der Waals surface area (Å²) < 4.78 is 8.32. The first-order chi connectivity index (χ1) is 14.5. The summed E-state index contributed by atoms with van der Waals surface area (Å²) in [7, 11) is 0. The van der Waals surface area contributed by atoms with Gasteiger partial charge >= 0.3 is 0 Å². The molecule has 0 spiro atoms. The minimum atomic E-state index is 0.687. The van der Waals surface area contributed by atoms with Gasteiger partial charge in [-0.2, -0.15) is 0 Å². The van der Waals surface area contributed by atoms with Crippen molar-refractivity contribution >= 4 is 22.6 Å². The van der Waals surface area contributed by atoms with Crippen molar-refractivity contribution in [2.24, 2.45) is 0 Å². The molecule has 154 valence electrons. The first kappa shape index (κ1) is 20.5. The number of fused-ring (bicyclic) bond motifs is 1. The second-order valence-corrected chi connectivity index (χ2v) is 8.20. The summed E-state index contributed by atoms with van der Waals surface area (Å²) >= 11 is 6.25. The van der Waals surface area contributed by atoms with E-state index in [2.05, 4.69) is 54.0 Å². The third-order valence-electron chi connectivity index (χ3n) is 5.50. The number of para-hydroxylation sites is 2. The number of rotatable bonds is 7. The summed E-state index contributed by atoms with van der Waals surface area (Å²) in [5.74, 6) is 1.93. The van der Waals surface area contributed by atoms with Crippen molar-refractivity contribution in [3.8, 4) is 17.1 Å². The van der Waals surface area contributed by atoms with Crippen LogP contribution in [0.2, 0.25) is 5.02 Å². The Balaban J connectivity index is 1.46. The van der Waals surface area contributed by atoms with Crippen molar-refractivity contribution < 1.29 is 4.74 Å². The highest BCUT2D eigenvalue weighted by Crippen LogP contribution is 2.28. The number of hydrogen-bond acceptors (Lipinski definition) is 2. The molecule has 0 aliphatic rings. The third-order valence-corrected chi connectivity index (χ3v) is 6.09. The molecule has 3 nitrogen and oxygen atoms in total. The first-order valence-electron chi connectivity index (χ1n) is 10.5. The Morgan fingerprint density at radius 1 is 0.867 bits per heavy atom. The molecule has 0 fully saturated rings. The van der Waals surface area contributed by atoms with E-state index in [1.54, 1.807) is 0 Å². The van der Waals surface area contributed by atoms with E-state index >= 15 is 0 Å². The van der Waals surface area contributed by atoms with E-state index in [0.29, 0.717) is 6.61 Å². The molecule has 0 saturated heterocycles. The van der Waals surface area contributed by atoms with E-state index in [1.165, 1.54) is 16.6 Å². The van der Waals surface area contributed by atoms with E-state index in [4.69, 9.17) is 21.3 Å². The topological polar surface area (TPSA) is 27.1 Å². The molecule has 3 aromatic carbocycles. The van der Waals surface area contributed by atoms with Crippen molar-refractivity contribution in [1.29, 1.82) is 0 Å². The van der Waals surface area contributed by atoms with E-state index in [0.717, 1.165) is 52.6 Å². The van der Waals surface area contributed by atoms with Crippen LogP contribution in [-0.4, -0.2) is 16.2 Å².